The molecule has 3 aromatic rings. The first-order valence-corrected chi connectivity index (χ1v) is 12.2. The van der Waals surface area contributed by atoms with Crippen molar-refractivity contribution in [3.8, 4) is 11.4 Å². The van der Waals surface area contributed by atoms with Gasteiger partial charge >= 0.3 is 5.97 Å². The van der Waals surface area contributed by atoms with Crippen LogP contribution in [-0.2, 0) is 29.2 Å². The maximum atomic E-state index is 13.1. The first-order chi connectivity index (χ1) is 17.3. The van der Waals surface area contributed by atoms with Crippen LogP contribution in [0.4, 0.5) is 4.39 Å². The number of nitrogens with zero attached hydrogens (tertiary/aromatic N) is 4. The number of hydrogen-bond acceptors (Lipinski definition) is 6. The van der Waals surface area contributed by atoms with Crippen LogP contribution in [0, 0.1) is 18.7 Å². The van der Waals surface area contributed by atoms with Gasteiger partial charge in [0.15, 0.2) is 11.6 Å². The van der Waals surface area contributed by atoms with Crippen molar-refractivity contribution in [3.63, 3.8) is 0 Å². The first kappa shape index (κ1) is 25.4. The molecule has 2 heterocycles. The zero-order valence-electron chi connectivity index (χ0n) is 20.9. The van der Waals surface area contributed by atoms with Crippen molar-refractivity contribution in [2.45, 2.75) is 46.8 Å². The lowest BCUT2D eigenvalue weighted by Gasteiger charge is -2.18. The molecule has 0 unspecified atom stereocenters. The van der Waals surface area contributed by atoms with Crippen molar-refractivity contribution in [3.05, 3.63) is 82.4 Å². The van der Waals surface area contributed by atoms with Crippen LogP contribution >= 0.6 is 0 Å². The van der Waals surface area contributed by atoms with Crippen molar-refractivity contribution < 1.29 is 19.1 Å². The first-order valence-electron chi connectivity index (χ1n) is 12.2. The average Bonchev–Trinajstić information content (AvgIpc) is 3.34. The van der Waals surface area contributed by atoms with Crippen LogP contribution in [0.25, 0.3) is 11.4 Å². The molecule has 8 heteroatoms. The minimum absolute atomic E-state index is 0.267. The van der Waals surface area contributed by atoms with Gasteiger partial charge in [-0.05, 0) is 67.1 Å². The summed E-state index contributed by atoms with van der Waals surface area (Å²) in [6.45, 7) is 8.50. The number of hydrogen-bond donors (Lipinski definition) is 1. The SMILES string of the molecule is CCc1cc(/C(C)=N/OCc2ccc(-c3ncc(F)cn3)c(C)c2)ccc1CN1CC[C@H](C(=O)O)C1. The van der Waals surface area contributed by atoms with Crippen LogP contribution in [0.15, 0.2) is 53.9 Å². The Morgan fingerprint density at radius 1 is 1.19 bits per heavy atom. The van der Waals surface area contributed by atoms with E-state index in [1.807, 2.05) is 38.1 Å². The number of halogens is 1. The Balaban J connectivity index is 1.38. The number of oxime groups is 1. The van der Waals surface area contributed by atoms with Gasteiger partial charge in [0.1, 0.15) is 6.61 Å². The van der Waals surface area contributed by atoms with Gasteiger partial charge < -0.3 is 9.94 Å². The van der Waals surface area contributed by atoms with Gasteiger partial charge in [0.05, 0.1) is 24.0 Å². The summed E-state index contributed by atoms with van der Waals surface area (Å²) in [7, 11) is 0. The van der Waals surface area contributed by atoms with Crippen molar-refractivity contribution in [2.75, 3.05) is 13.1 Å². The molecular weight excluding hydrogens is 459 g/mol. The third-order valence-electron chi connectivity index (χ3n) is 6.61. The summed E-state index contributed by atoms with van der Waals surface area (Å²) >= 11 is 0. The van der Waals surface area contributed by atoms with Crippen LogP contribution in [0.2, 0.25) is 0 Å². The molecular formula is C28H31FN4O3. The van der Waals surface area contributed by atoms with E-state index in [1.54, 1.807) is 0 Å². The number of rotatable bonds is 9. The van der Waals surface area contributed by atoms with Gasteiger partial charge in [-0.3, -0.25) is 9.69 Å². The predicted octanol–water partition coefficient (Wildman–Crippen LogP) is 5.00. The van der Waals surface area contributed by atoms with Gasteiger partial charge in [0.25, 0.3) is 0 Å². The molecule has 2 aromatic carbocycles. The molecule has 188 valence electrons. The standard InChI is InChI=1S/C28H31FN4O3/c1-4-21-12-22(6-7-23(21)15-33-10-9-24(16-33)28(34)35)19(3)32-36-17-20-5-8-26(18(2)11-20)27-30-13-25(29)14-31-27/h5-8,11-14,24H,4,9-10,15-17H2,1-3H3,(H,34,35)/b32-19+/t24-/m0/s1. The smallest absolute Gasteiger partial charge is 0.307 e. The van der Waals surface area contributed by atoms with E-state index in [-0.39, 0.29) is 5.92 Å². The highest BCUT2D eigenvalue weighted by Gasteiger charge is 2.28. The Hall–Kier alpha value is -3.65. The summed E-state index contributed by atoms with van der Waals surface area (Å²) in [4.78, 5) is 27.2. The Morgan fingerprint density at radius 2 is 1.97 bits per heavy atom. The second kappa shape index (κ2) is 11.4. The number of likely N-dealkylation sites (tertiary alicyclic amines) is 1. The van der Waals surface area contributed by atoms with E-state index in [1.165, 1.54) is 11.1 Å². The zero-order valence-corrected chi connectivity index (χ0v) is 20.9. The summed E-state index contributed by atoms with van der Waals surface area (Å²) in [6.07, 6.45) is 3.92. The zero-order chi connectivity index (χ0) is 25.7. The lowest BCUT2D eigenvalue weighted by Crippen LogP contribution is -2.23. The van der Waals surface area contributed by atoms with Crippen LogP contribution in [0.3, 0.4) is 0 Å². The molecule has 1 N–H and O–H groups in total. The fourth-order valence-corrected chi connectivity index (χ4v) is 4.53. The number of aryl methyl sites for hydroxylation is 2. The molecule has 0 radical (unpaired) electrons. The summed E-state index contributed by atoms with van der Waals surface area (Å²) in [5.41, 5.74) is 7.02. The van der Waals surface area contributed by atoms with Crippen LogP contribution in [0.1, 0.15) is 48.1 Å². The van der Waals surface area contributed by atoms with Gasteiger partial charge in [0.2, 0.25) is 0 Å². The molecule has 1 aliphatic rings. The molecule has 0 bridgehead atoms. The molecule has 0 spiro atoms. The largest absolute Gasteiger partial charge is 0.481 e. The number of aromatic nitrogens is 2. The van der Waals surface area contributed by atoms with E-state index in [9.17, 15) is 14.3 Å². The maximum Gasteiger partial charge on any atom is 0.307 e. The minimum atomic E-state index is -0.705. The lowest BCUT2D eigenvalue weighted by molar-refractivity contribution is -0.141. The quantitative estimate of drug-likeness (QED) is 0.335. The van der Waals surface area contributed by atoms with Gasteiger partial charge in [0, 0.05) is 18.7 Å². The number of carboxylic acid groups (broad SMARTS) is 1. The highest BCUT2D eigenvalue weighted by Crippen LogP contribution is 2.23. The number of benzene rings is 2. The van der Waals surface area contributed by atoms with E-state index < -0.39 is 11.8 Å². The van der Waals surface area contributed by atoms with E-state index >= 15 is 0 Å². The fraction of sp³-hybridized carbons (Fsp3) is 0.357. The second-order valence-corrected chi connectivity index (χ2v) is 9.22. The molecule has 1 aliphatic heterocycles. The van der Waals surface area contributed by atoms with Crippen molar-refractivity contribution in [2.24, 2.45) is 11.1 Å². The minimum Gasteiger partial charge on any atom is -0.481 e. The fourth-order valence-electron chi connectivity index (χ4n) is 4.53. The Kier molecular flexibility index (Phi) is 8.05. The average molecular weight is 491 g/mol. The van der Waals surface area contributed by atoms with Gasteiger partial charge in [-0.2, -0.15) is 0 Å². The molecule has 36 heavy (non-hydrogen) atoms. The predicted molar refractivity (Wildman–Crippen MR) is 136 cm³/mol. The van der Waals surface area contributed by atoms with Crippen molar-refractivity contribution >= 4 is 11.7 Å². The Bertz CT molecular complexity index is 1260. The van der Waals surface area contributed by atoms with E-state index in [2.05, 4.69) is 39.1 Å². The van der Waals surface area contributed by atoms with E-state index in [0.717, 1.165) is 59.9 Å². The van der Waals surface area contributed by atoms with Crippen molar-refractivity contribution in [1.29, 1.82) is 0 Å². The molecule has 0 aliphatic carbocycles. The van der Waals surface area contributed by atoms with E-state index in [0.29, 0.717) is 25.4 Å². The van der Waals surface area contributed by atoms with E-state index in [4.69, 9.17) is 4.84 Å². The maximum absolute atomic E-state index is 13.1. The molecule has 0 saturated carbocycles. The summed E-state index contributed by atoms with van der Waals surface area (Å²) in [5.74, 6) is -0.951. The third kappa shape index (κ3) is 6.12. The molecule has 1 atom stereocenters. The lowest BCUT2D eigenvalue weighted by atomic mass is 9.99. The highest BCUT2D eigenvalue weighted by atomic mass is 19.1. The molecule has 4 rings (SSSR count). The summed E-state index contributed by atoms with van der Waals surface area (Å²) < 4.78 is 13.1. The van der Waals surface area contributed by atoms with Crippen LogP contribution < -0.4 is 0 Å². The number of carboxylic acids is 1. The summed E-state index contributed by atoms with van der Waals surface area (Å²) in [5, 5.41) is 13.6. The van der Waals surface area contributed by atoms with Gasteiger partial charge in [-0.1, -0.05) is 42.4 Å². The normalized spacial score (nSPS) is 16.3. The molecule has 1 fully saturated rings. The monoisotopic (exact) mass is 490 g/mol. The molecule has 0 amide bonds. The molecule has 1 saturated heterocycles. The second-order valence-electron chi connectivity index (χ2n) is 9.22. The molecule has 7 nitrogen and oxygen atoms in total. The molecule has 1 aromatic heterocycles. The third-order valence-corrected chi connectivity index (χ3v) is 6.61. The number of aliphatic carboxylic acids is 1. The highest BCUT2D eigenvalue weighted by molar-refractivity contribution is 5.98. The van der Waals surface area contributed by atoms with Crippen molar-refractivity contribution in [1.82, 2.24) is 14.9 Å². The number of carbonyl (C=O) groups is 1. The van der Waals surface area contributed by atoms with Gasteiger partial charge in [-0.15, -0.1) is 0 Å². The Labute approximate surface area is 210 Å². The Morgan fingerprint density at radius 3 is 2.64 bits per heavy atom. The van der Waals surface area contributed by atoms with Crippen LogP contribution in [-0.4, -0.2) is 44.7 Å². The van der Waals surface area contributed by atoms with Gasteiger partial charge in [-0.25, -0.2) is 14.4 Å². The summed E-state index contributed by atoms with van der Waals surface area (Å²) in [6, 6.07) is 12.1. The van der Waals surface area contributed by atoms with Crippen LogP contribution in [0.5, 0.6) is 0 Å². The topological polar surface area (TPSA) is 87.9 Å².